The molecular weight excluding hydrogens is 294 g/mol. The van der Waals surface area contributed by atoms with E-state index in [-0.39, 0.29) is 11.8 Å². The number of hydrogen-bond donors (Lipinski definition) is 3. The predicted molar refractivity (Wildman–Crippen MR) is 86.2 cm³/mol. The Morgan fingerprint density at radius 1 is 1.13 bits per heavy atom. The van der Waals surface area contributed by atoms with Crippen molar-refractivity contribution in [3.8, 4) is 0 Å². The van der Waals surface area contributed by atoms with E-state index in [1.807, 2.05) is 30.3 Å². The zero-order chi connectivity index (χ0) is 16.8. The Bertz CT molecular complexity index is 570. The molecule has 0 radical (unpaired) electrons. The molecule has 3 amide bonds. The first-order valence-corrected chi connectivity index (χ1v) is 7.86. The minimum atomic E-state index is -0.726. The van der Waals surface area contributed by atoms with E-state index in [0.717, 1.165) is 18.4 Å². The number of nitrogens with one attached hydrogen (secondary N) is 2. The average molecular weight is 317 g/mol. The van der Waals surface area contributed by atoms with Crippen molar-refractivity contribution < 1.29 is 14.4 Å². The Morgan fingerprint density at radius 3 is 2.30 bits per heavy atom. The Labute approximate surface area is 135 Å². The number of hydrogen-bond acceptors (Lipinski definition) is 3. The van der Waals surface area contributed by atoms with Gasteiger partial charge in [0.05, 0.1) is 0 Å². The van der Waals surface area contributed by atoms with Gasteiger partial charge >= 0.3 is 0 Å². The smallest absolute Gasteiger partial charge is 0.243 e. The zero-order valence-electron chi connectivity index (χ0n) is 13.2. The molecular formula is C17H23N3O3. The fourth-order valence-corrected chi connectivity index (χ4v) is 2.51. The van der Waals surface area contributed by atoms with Crippen LogP contribution in [0.25, 0.3) is 0 Å². The summed E-state index contributed by atoms with van der Waals surface area (Å²) in [5, 5.41) is 5.32. The number of carbonyl (C=O) groups excluding carboxylic acids is 3. The lowest BCUT2D eigenvalue weighted by Crippen LogP contribution is -2.53. The molecule has 4 N–H and O–H groups in total. The maximum absolute atomic E-state index is 12.5. The number of carbonyl (C=O) groups is 3. The van der Waals surface area contributed by atoms with Gasteiger partial charge in [-0.25, -0.2) is 0 Å². The molecule has 124 valence electrons. The largest absolute Gasteiger partial charge is 0.368 e. The third kappa shape index (κ3) is 5.73. The van der Waals surface area contributed by atoms with E-state index < -0.39 is 18.0 Å². The summed E-state index contributed by atoms with van der Waals surface area (Å²) in [7, 11) is 0. The monoisotopic (exact) mass is 317 g/mol. The Kier molecular flexibility index (Phi) is 5.73. The van der Waals surface area contributed by atoms with Crippen LogP contribution in [0.2, 0.25) is 0 Å². The third-order valence-electron chi connectivity index (χ3n) is 3.90. The molecule has 1 aliphatic rings. The van der Waals surface area contributed by atoms with E-state index in [0.29, 0.717) is 18.8 Å². The number of nitrogens with two attached hydrogens (primary N) is 1. The lowest BCUT2D eigenvalue weighted by atomic mass is 10.0. The van der Waals surface area contributed by atoms with Gasteiger partial charge in [0.1, 0.15) is 12.1 Å². The van der Waals surface area contributed by atoms with Crippen LogP contribution in [0.5, 0.6) is 0 Å². The quantitative estimate of drug-likeness (QED) is 0.651. The van der Waals surface area contributed by atoms with Crippen molar-refractivity contribution in [3.05, 3.63) is 35.9 Å². The number of benzene rings is 1. The van der Waals surface area contributed by atoms with Gasteiger partial charge in [-0.1, -0.05) is 43.2 Å². The molecule has 0 saturated heterocycles. The van der Waals surface area contributed by atoms with Crippen molar-refractivity contribution in [2.75, 3.05) is 0 Å². The van der Waals surface area contributed by atoms with Gasteiger partial charge < -0.3 is 16.4 Å². The summed E-state index contributed by atoms with van der Waals surface area (Å²) in [4.78, 5) is 35.4. The van der Waals surface area contributed by atoms with Crippen LogP contribution < -0.4 is 16.4 Å². The normalized spacial score (nSPS) is 16.2. The molecule has 0 aliphatic heterocycles. The molecule has 1 aliphatic carbocycles. The van der Waals surface area contributed by atoms with Crippen LogP contribution in [-0.4, -0.2) is 29.8 Å². The highest BCUT2D eigenvalue weighted by Gasteiger charge is 2.31. The Hall–Kier alpha value is -2.37. The molecule has 2 rings (SSSR count). The molecule has 1 saturated carbocycles. The van der Waals surface area contributed by atoms with Gasteiger partial charge in [0.25, 0.3) is 0 Å². The van der Waals surface area contributed by atoms with E-state index >= 15 is 0 Å². The summed E-state index contributed by atoms with van der Waals surface area (Å²) in [5.41, 5.74) is 6.30. The summed E-state index contributed by atoms with van der Waals surface area (Å²) in [6.07, 6.45) is 3.07. The molecule has 0 aromatic heterocycles. The highest BCUT2D eigenvalue weighted by atomic mass is 16.2. The number of amides is 3. The standard InChI is InChI=1S/C17H23N3O3/c1-11(21)19-15(10-12-5-3-2-4-6-12)17(23)20-14(16(18)22)9-13-7-8-13/h2-6,13-15H,7-10H2,1H3,(H2,18,22)(H,19,21)(H,20,23)/t14-,15-/m0/s1. The maximum Gasteiger partial charge on any atom is 0.243 e. The minimum Gasteiger partial charge on any atom is -0.368 e. The molecule has 0 spiro atoms. The molecule has 6 nitrogen and oxygen atoms in total. The van der Waals surface area contributed by atoms with E-state index in [9.17, 15) is 14.4 Å². The molecule has 0 heterocycles. The van der Waals surface area contributed by atoms with Crippen molar-refractivity contribution in [2.45, 2.75) is 44.7 Å². The second kappa shape index (κ2) is 7.76. The predicted octanol–water partition coefficient (Wildman–Crippen LogP) is 0.504. The summed E-state index contributed by atoms with van der Waals surface area (Å²) in [6.45, 7) is 1.36. The summed E-state index contributed by atoms with van der Waals surface area (Å²) in [5.74, 6) is -0.750. The molecule has 1 fully saturated rings. The van der Waals surface area contributed by atoms with Crippen LogP contribution in [0, 0.1) is 5.92 Å². The molecule has 1 aromatic rings. The van der Waals surface area contributed by atoms with Gasteiger partial charge in [0, 0.05) is 13.3 Å². The SMILES string of the molecule is CC(=O)N[C@@H](Cc1ccccc1)C(=O)N[C@@H](CC1CC1)C(N)=O. The second-order valence-corrected chi connectivity index (χ2v) is 6.09. The Balaban J connectivity index is 2.02. The topological polar surface area (TPSA) is 101 Å². The second-order valence-electron chi connectivity index (χ2n) is 6.09. The molecule has 0 unspecified atom stereocenters. The van der Waals surface area contributed by atoms with Gasteiger partial charge in [-0.2, -0.15) is 0 Å². The van der Waals surface area contributed by atoms with Gasteiger partial charge in [-0.3, -0.25) is 14.4 Å². The zero-order valence-corrected chi connectivity index (χ0v) is 13.2. The van der Waals surface area contributed by atoms with Crippen LogP contribution in [0.4, 0.5) is 0 Å². The maximum atomic E-state index is 12.5. The average Bonchev–Trinajstić information content (AvgIpc) is 3.30. The van der Waals surface area contributed by atoms with Crippen LogP contribution >= 0.6 is 0 Å². The summed E-state index contributed by atoms with van der Waals surface area (Å²) >= 11 is 0. The number of primary amides is 1. The van der Waals surface area contributed by atoms with Crippen LogP contribution in [0.1, 0.15) is 31.7 Å². The van der Waals surface area contributed by atoms with Crippen molar-refractivity contribution in [2.24, 2.45) is 11.7 Å². The van der Waals surface area contributed by atoms with Crippen molar-refractivity contribution in [3.63, 3.8) is 0 Å². The van der Waals surface area contributed by atoms with E-state index in [1.165, 1.54) is 6.92 Å². The summed E-state index contributed by atoms with van der Waals surface area (Å²) in [6, 6.07) is 8.00. The highest BCUT2D eigenvalue weighted by molar-refractivity contribution is 5.91. The highest BCUT2D eigenvalue weighted by Crippen LogP contribution is 2.33. The van der Waals surface area contributed by atoms with Crippen LogP contribution in [0.3, 0.4) is 0 Å². The van der Waals surface area contributed by atoms with Gasteiger partial charge in [-0.15, -0.1) is 0 Å². The van der Waals surface area contributed by atoms with Crippen molar-refractivity contribution >= 4 is 17.7 Å². The van der Waals surface area contributed by atoms with Crippen LogP contribution in [0.15, 0.2) is 30.3 Å². The van der Waals surface area contributed by atoms with Gasteiger partial charge in [0.15, 0.2) is 0 Å². The molecule has 2 atom stereocenters. The third-order valence-corrected chi connectivity index (χ3v) is 3.90. The van der Waals surface area contributed by atoms with E-state index in [4.69, 9.17) is 5.73 Å². The molecule has 23 heavy (non-hydrogen) atoms. The molecule has 6 heteroatoms. The van der Waals surface area contributed by atoms with Crippen molar-refractivity contribution in [1.29, 1.82) is 0 Å². The Morgan fingerprint density at radius 2 is 1.78 bits per heavy atom. The first kappa shape index (κ1) is 17.0. The first-order valence-electron chi connectivity index (χ1n) is 7.86. The molecule has 1 aromatic carbocycles. The summed E-state index contributed by atoms with van der Waals surface area (Å²) < 4.78 is 0. The van der Waals surface area contributed by atoms with Gasteiger partial charge in [0.2, 0.25) is 17.7 Å². The van der Waals surface area contributed by atoms with Crippen LogP contribution in [-0.2, 0) is 20.8 Å². The fraction of sp³-hybridized carbons (Fsp3) is 0.471. The lowest BCUT2D eigenvalue weighted by molar-refractivity contribution is -0.131. The van der Waals surface area contributed by atoms with E-state index in [1.54, 1.807) is 0 Å². The minimum absolute atomic E-state index is 0.293. The van der Waals surface area contributed by atoms with E-state index in [2.05, 4.69) is 10.6 Å². The van der Waals surface area contributed by atoms with Crippen molar-refractivity contribution in [1.82, 2.24) is 10.6 Å². The first-order chi connectivity index (χ1) is 11.0. The van der Waals surface area contributed by atoms with Gasteiger partial charge in [-0.05, 0) is 17.9 Å². The lowest BCUT2D eigenvalue weighted by Gasteiger charge is -2.21. The molecule has 0 bridgehead atoms. The fourth-order valence-electron chi connectivity index (χ4n) is 2.51. The number of rotatable bonds is 8.